The fraction of sp³-hybridized carbons (Fsp3) is 0.417. The molecule has 0 fully saturated rings. The van der Waals surface area contributed by atoms with Crippen LogP contribution in [0.4, 0.5) is 11.4 Å². The largest absolute Gasteiger partial charge is 0.344 e. The average Bonchev–Trinajstić information content (AvgIpc) is 3.61. The van der Waals surface area contributed by atoms with E-state index < -0.39 is 72.2 Å². The maximum Gasteiger partial charge on any atom is 0.295 e. The van der Waals surface area contributed by atoms with Gasteiger partial charge in [0.1, 0.15) is 17.2 Å². The molecule has 4 N–H and O–H groups in total. The zero-order chi connectivity index (χ0) is 52.7. The molecule has 71 heavy (non-hydrogen) atoms. The Hall–Kier alpha value is -4.37. The van der Waals surface area contributed by atoms with E-state index in [4.69, 9.17) is 5.26 Å². The Morgan fingerprint density at radius 3 is 2.10 bits per heavy atom. The molecule has 0 bridgehead atoms. The van der Waals surface area contributed by atoms with Crippen LogP contribution in [0.5, 0.6) is 0 Å². The number of hydrogen-bond donors (Lipinski definition) is 4. The molecule has 23 heteroatoms. The van der Waals surface area contributed by atoms with Gasteiger partial charge in [-0.2, -0.15) is 29.8 Å². The lowest BCUT2D eigenvalue weighted by atomic mass is 9.79. The summed E-state index contributed by atoms with van der Waals surface area (Å²) >= 11 is 0.859. The molecule has 0 amide bonds. The minimum absolute atomic E-state index is 0.0348. The highest BCUT2D eigenvalue weighted by molar-refractivity contribution is 7.94. The predicted octanol–water partition coefficient (Wildman–Crippen LogP) is 8.41. The zero-order valence-electron chi connectivity index (χ0n) is 40.6. The van der Waals surface area contributed by atoms with E-state index in [9.17, 15) is 52.1 Å². The van der Waals surface area contributed by atoms with Crippen LogP contribution in [0.15, 0.2) is 105 Å². The molecule has 18 nitrogen and oxygen atoms in total. The van der Waals surface area contributed by atoms with Crippen LogP contribution in [0.2, 0.25) is 0 Å². The number of carbonyl (C=O) groups is 1. The molecule has 0 spiro atoms. The predicted molar refractivity (Wildman–Crippen MR) is 273 cm³/mol. The first kappa shape index (κ1) is 55.9. The monoisotopic (exact) mass is 1080 g/mol. The number of fused-ring (bicyclic) bond motifs is 6. The molecule has 0 aliphatic carbocycles. The van der Waals surface area contributed by atoms with Crippen LogP contribution in [0.3, 0.4) is 0 Å². The van der Waals surface area contributed by atoms with Gasteiger partial charge in [-0.05, 0) is 79.4 Å². The molecular weight excluding hydrogens is 1020 g/mol. The smallest absolute Gasteiger partial charge is 0.295 e. The number of benzene rings is 4. The lowest BCUT2D eigenvalue weighted by molar-refractivity contribution is -0.438. The van der Waals surface area contributed by atoms with E-state index in [0.29, 0.717) is 58.9 Å². The summed E-state index contributed by atoms with van der Waals surface area (Å²) in [5.41, 5.74) is 1.83. The molecule has 0 saturated heterocycles. The molecule has 2 aliphatic rings. The van der Waals surface area contributed by atoms with Gasteiger partial charge in [0.25, 0.3) is 30.4 Å². The highest BCUT2D eigenvalue weighted by Gasteiger charge is 2.46. The SMILES string of the molecule is CN(CCCC(=O)C(C)(C)C)S(=O)(=O)c1cccc2c3c(ccc12)N(CCCS(=O)(=O)O)/C(=C/C=C/C=C/C1=[N+](CCCSOOO)c2ccc4c(S(=O)(=O)O)cc(S(=O)(=O)O)cc4c2C1(C)C)C3(C)C. The molecule has 0 aromatic heterocycles. The molecule has 0 saturated carbocycles. The van der Waals surface area contributed by atoms with E-state index in [1.807, 2.05) is 82.2 Å². The van der Waals surface area contributed by atoms with Gasteiger partial charge >= 0.3 is 0 Å². The van der Waals surface area contributed by atoms with Gasteiger partial charge in [-0.3, -0.25) is 18.5 Å². The third-order valence-electron chi connectivity index (χ3n) is 12.9. The Morgan fingerprint density at radius 2 is 1.46 bits per heavy atom. The summed E-state index contributed by atoms with van der Waals surface area (Å²) < 4.78 is 140. The minimum Gasteiger partial charge on any atom is -0.344 e. The Balaban J connectivity index is 1.40. The number of nitrogens with zero attached hydrogens (tertiary/aromatic N) is 3. The number of hydrogen-bond acceptors (Lipinski definition) is 14. The van der Waals surface area contributed by atoms with E-state index in [1.54, 1.807) is 42.5 Å². The van der Waals surface area contributed by atoms with Gasteiger partial charge in [-0.25, -0.2) is 18.0 Å². The number of sulfonamides is 1. The van der Waals surface area contributed by atoms with Crippen LogP contribution in [-0.2, 0) is 65.4 Å². The first-order valence-corrected chi connectivity index (χ1v) is 29.3. The fourth-order valence-electron chi connectivity index (χ4n) is 9.53. The molecule has 0 atom stereocenters. The summed E-state index contributed by atoms with van der Waals surface area (Å²) in [5, 5.41) is 13.7. The van der Waals surface area contributed by atoms with Gasteiger partial charge in [-0.1, -0.05) is 76.1 Å². The number of rotatable bonds is 21. The Bertz CT molecular complexity index is 3360. The normalized spacial score (nSPS) is 17.0. The van der Waals surface area contributed by atoms with Crippen LogP contribution in [0.25, 0.3) is 21.5 Å². The van der Waals surface area contributed by atoms with Crippen LogP contribution < -0.4 is 4.90 Å². The van der Waals surface area contributed by atoms with Gasteiger partial charge < -0.3 is 4.90 Å². The maximum atomic E-state index is 14.2. The minimum atomic E-state index is -4.97. The summed E-state index contributed by atoms with van der Waals surface area (Å²) in [7, 11) is -16.7. The lowest BCUT2D eigenvalue weighted by Gasteiger charge is -2.27. The third kappa shape index (κ3) is 11.9. The Morgan fingerprint density at radius 1 is 0.789 bits per heavy atom. The number of Topliss-reactive ketones (excluding diaryl/α,β-unsaturated/α-hetero) is 1. The van der Waals surface area contributed by atoms with Gasteiger partial charge in [0.2, 0.25) is 15.7 Å². The van der Waals surface area contributed by atoms with Crippen LogP contribution in [-0.4, -0.2) is 111 Å². The van der Waals surface area contributed by atoms with E-state index in [1.165, 1.54) is 23.5 Å². The van der Waals surface area contributed by atoms with Gasteiger partial charge in [-0.15, -0.1) is 4.33 Å². The Labute approximate surface area is 420 Å². The average molecular weight is 1080 g/mol. The van der Waals surface area contributed by atoms with Crippen molar-refractivity contribution < 1.29 is 71.3 Å². The first-order valence-electron chi connectivity index (χ1n) is 22.5. The van der Waals surface area contributed by atoms with Crippen molar-refractivity contribution in [3.8, 4) is 0 Å². The second-order valence-corrected chi connectivity index (χ2v) is 26.7. The van der Waals surface area contributed by atoms with Gasteiger partial charge in [0, 0.05) is 101 Å². The molecule has 386 valence electrons. The van der Waals surface area contributed by atoms with Crippen molar-refractivity contribution in [1.29, 1.82) is 0 Å². The van der Waals surface area contributed by atoms with Crippen molar-refractivity contribution in [3.05, 3.63) is 102 Å². The molecule has 0 unspecified atom stereocenters. The number of anilines is 1. The third-order valence-corrected chi connectivity index (χ3v) is 18.0. The quantitative estimate of drug-likeness (QED) is 0.0116. The van der Waals surface area contributed by atoms with Crippen molar-refractivity contribution in [1.82, 2.24) is 4.31 Å². The van der Waals surface area contributed by atoms with E-state index in [2.05, 4.69) is 9.37 Å². The van der Waals surface area contributed by atoms with Crippen LogP contribution >= 0.6 is 12.0 Å². The molecule has 6 rings (SSSR count). The lowest BCUT2D eigenvalue weighted by Crippen LogP contribution is -2.29. The summed E-state index contributed by atoms with van der Waals surface area (Å²) in [6.45, 7) is 13.8. The molecule has 0 radical (unpaired) electrons. The zero-order valence-corrected chi connectivity index (χ0v) is 44.7. The van der Waals surface area contributed by atoms with Crippen molar-refractivity contribution in [3.63, 3.8) is 0 Å². The van der Waals surface area contributed by atoms with E-state index in [0.717, 1.165) is 29.0 Å². The van der Waals surface area contributed by atoms with E-state index >= 15 is 0 Å². The second kappa shape index (κ2) is 20.9. The molecule has 4 aromatic rings. The summed E-state index contributed by atoms with van der Waals surface area (Å²) in [6, 6.07) is 13.6. The summed E-state index contributed by atoms with van der Waals surface area (Å²) in [6.07, 6.45) is 10.2. The van der Waals surface area contributed by atoms with Crippen molar-refractivity contribution in [2.45, 2.75) is 99.7 Å². The topological polar surface area (TPSA) is 262 Å². The molecule has 4 aromatic carbocycles. The van der Waals surface area contributed by atoms with Gasteiger partial charge in [0.15, 0.2) is 5.71 Å². The van der Waals surface area contributed by atoms with Crippen LogP contribution in [0.1, 0.15) is 85.3 Å². The van der Waals surface area contributed by atoms with Gasteiger partial charge in [0.05, 0.1) is 21.0 Å². The standard InChI is InChI=1S/C48H59N3O15S5/c1-46(2,3)43(52)20-13-25-49(8)69(57,58)39-17-12-16-35-33(39)21-23-37-44(35)47(4,5)41(51(37)27-15-29-68(54,55)56)18-10-9-11-19-42-48(6,7)45-36-30-32(70(59,60)61)31-40(71(62,63)64)34(36)22-24-38(45)50(42)26-14-28-67-66-65-53/h9-12,16-19,21-24,30-31H,13-15,20,25-29H2,1-8H3,(H3-,53,54,55,56,59,60,61,62,63,64)/p+1. The highest BCUT2D eigenvalue weighted by atomic mass is 32.2. The summed E-state index contributed by atoms with van der Waals surface area (Å²) in [4.78, 5) is 13.2. The molecular formula is C48H60N3O15S5+. The van der Waals surface area contributed by atoms with Crippen molar-refractivity contribution in [2.75, 3.05) is 43.1 Å². The number of carbonyl (C=O) groups excluding carboxylic acids is 1. The van der Waals surface area contributed by atoms with Crippen molar-refractivity contribution >= 4 is 96.8 Å². The first-order chi connectivity index (χ1) is 32.8. The fourth-order valence-corrected chi connectivity index (χ4v) is 13.1. The van der Waals surface area contributed by atoms with Crippen LogP contribution in [0, 0.1) is 5.41 Å². The Kier molecular flexibility index (Phi) is 16.4. The highest BCUT2D eigenvalue weighted by Crippen LogP contribution is 2.52. The number of ketones is 1. The second-order valence-electron chi connectivity index (χ2n) is 19.5. The summed E-state index contributed by atoms with van der Waals surface area (Å²) in [5.74, 6) is -0.0857. The number of allylic oxidation sites excluding steroid dienone is 6. The maximum absolute atomic E-state index is 14.2. The van der Waals surface area contributed by atoms with Crippen molar-refractivity contribution in [2.24, 2.45) is 5.41 Å². The molecule has 2 aliphatic heterocycles. The van der Waals surface area contributed by atoms with E-state index in [-0.39, 0.29) is 47.4 Å². The molecule has 2 heterocycles.